The highest BCUT2D eigenvalue weighted by Gasteiger charge is 2.31. The molecule has 0 radical (unpaired) electrons. The molecule has 2 aliphatic heterocycles. The van der Waals surface area contributed by atoms with E-state index in [0.717, 1.165) is 5.82 Å². The van der Waals surface area contributed by atoms with Crippen LogP contribution in [0.5, 0.6) is 0 Å². The minimum atomic E-state index is -0.982. The van der Waals surface area contributed by atoms with Crippen LogP contribution in [0.25, 0.3) is 11.2 Å². The number of amides is 1. The van der Waals surface area contributed by atoms with Crippen LogP contribution < -0.4 is 4.90 Å². The summed E-state index contributed by atoms with van der Waals surface area (Å²) >= 11 is 0. The van der Waals surface area contributed by atoms with E-state index in [9.17, 15) is 15.0 Å². The highest BCUT2D eigenvalue weighted by molar-refractivity contribution is 5.84. The maximum atomic E-state index is 12.0. The predicted octanol–water partition coefficient (Wildman–Crippen LogP) is -0.603. The molecule has 0 bridgehead atoms. The lowest BCUT2D eigenvalue weighted by Gasteiger charge is -2.35. The predicted molar refractivity (Wildman–Crippen MR) is 101 cm³/mol. The number of aliphatic hydroxyl groups excluding tert-OH is 1. The van der Waals surface area contributed by atoms with Crippen molar-refractivity contribution in [2.24, 2.45) is 0 Å². The van der Waals surface area contributed by atoms with Gasteiger partial charge in [0.15, 0.2) is 17.0 Å². The highest BCUT2D eigenvalue weighted by Crippen LogP contribution is 2.27. The topological polar surface area (TPSA) is 117 Å². The molecule has 1 atom stereocenters. The molecule has 10 nitrogen and oxygen atoms in total. The molecular formula is C18H26N6O4. The number of hydrogen-bond acceptors (Lipinski definition) is 8. The first-order valence-corrected chi connectivity index (χ1v) is 9.65. The van der Waals surface area contributed by atoms with Gasteiger partial charge in [-0.1, -0.05) is 0 Å². The fourth-order valence-corrected chi connectivity index (χ4v) is 3.84. The van der Waals surface area contributed by atoms with E-state index < -0.39 is 11.7 Å². The SMILES string of the molecule is CC(O)C(=O)N1CCN(c2ncnc3c2ncn3CC2(O)CCOCC2)CC1. The number of anilines is 1. The largest absolute Gasteiger partial charge is 0.388 e. The standard InChI is InChI=1S/C18H26N6O4/c1-13(25)17(26)23-6-4-22(5-7-23)15-14-16(20-11-19-15)24(12-21-14)10-18(27)2-8-28-9-3-18/h11-13,25,27H,2-10H2,1H3. The molecule has 2 aliphatic rings. The Kier molecular flexibility index (Phi) is 5.17. The van der Waals surface area contributed by atoms with Gasteiger partial charge < -0.3 is 29.3 Å². The number of carbonyl (C=O) groups is 1. The molecule has 0 spiro atoms. The molecule has 1 amide bonds. The molecule has 2 N–H and O–H groups in total. The molecule has 152 valence electrons. The van der Waals surface area contributed by atoms with Crippen LogP contribution in [0, 0.1) is 0 Å². The fraction of sp³-hybridized carbons (Fsp3) is 0.667. The average Bonchev–Trinajstić information content (AvgIpc) is 3.10. The van der Waals surface area contributed by atoms with Gasteiger partial charge in [0.1, 0.15) is 12.4 Å². The van der Waals surface area contributed by atoms with Gasteiger partial charge in [-0.3, -0.25) is 4.79 Å². The zero-order valence-corrected chi connectivity index (χ0v) is 16.0. The number of rotatable bonds is 4. The first-order chi connectivity index (χ1) is 13.5. The summed E-state index contributed by atoms with van der Waals surface area (Å²) in [6, 6.07) is 0. The quantitative estimate of drug-likeness (QED) is 0.711. The molecule has 1 unspecified atom stereocenters. The highest BCUT2D eigenvalue weighted by atomic mass is 16.5. The smallest absolute Gasteiger partial charge is 0.251 e. The maximum Gasteiger partial charge on any atom is 0.251 e. The number of nitrogens with zero attached hydrogens (tertiary/aromatic N) is 6. The molecule has 2 aromatic heterocycles. The van der Waals surface area contributed by atoms with Crippen molar-refractivity contribution in [1.82, 2.24) is 24.4 Å². The van der Waals surface area contributed by atoms with Crippen LogP contribution in [0.2, 0.25) is 0 Å². The lowest BCUT2D eigenvalue weighted by Crippen LogP contribution is -2.51. The van der Waals surface area contributed by atoms with Crippen molar-refractivity contribution in [2.45, 2.75) is 38.0 Å². The number of aliphatic hydroxyl groups is 2. The first kappa shape index (κ1) is 19.0. The number of aromatic nitrogens is 4. The van der Waals surface area contributed by atoms with Crippen molar-refractivity contribution in [1.29, 1.82) is 0 Å². The molecule has 2 saturated heterocycles. The van der Waals surface area contributed by atoms with E-state index in [0.29, 0.717) is 69.9 Å². The van der Waals surface area contributed by atoms with Crippen LogP contribution in [0.3, 0.4) is 0 Å². The second-order valence-electron chi connectivity index (χ2n) is 7.57. The van der Waals surface area contributed by atoms with Crippen LogP contribution in [0.15, 0.2) is 12.7 Å². The summed E-state index contributed by atoms with van der Waals surface area (Å²) in [5.74, 6) is 0.480. The Bertz CT molecular complexity index is 840. The van der Waals surface area contributed by atoms with Crippen molar-refractivity contribution in [3.8, 4) is 0 Å². The van der Waals surface area contributed by atoms with Gasteiger partial charge >= 0.3 is 0 Å². The number of fused-ring (bicyclic) bond motifs is 1. The lowest BCUT2D eigenvalue weighted by atomic mass is 9.94. The van der Waals surface area contributed by atoms with Crippen molar-refractivity contribution < 1.29 is 19.7 Å². The number of hydrogen-bond donors (Lipinski definition) is 2. The van der Waals surface area contributed by atoms with Gasteiger partial charge in [0.2, 0.25) is 0 Å². The first-order valence-electron chi connectivity index (χ1n) is 9.65. The van der Waals surface area contributed by atoms with Crippen LogP contribution >= 0.6 is 0 Å². The second kappa shape index (κ2) is 7.61. The summed E-state index contributed by atoms with van der Waals surface area (Å²) in [5.41, 5.74) is 0.560. The van der Waals surface area contributed by atoms with Crippen molar-refractivity contribution >= 4 is 22.9 Å². The zero-order chi connectivity index (χ0) is 19.7. The minimum Gasteiger partial charge on any atom is -0.388 e. The number of imidazole rings is 1. The van der Waals surface area contributed by atoms with E-state index in [1.807, 2.05) is 4.57 Å². The van der Waals surface area contributed by atoms with Gasteiger partial charge in [-0.05, 0) is 6.92 Å². The number of piperazine rings is 1. The molecule has 4 heterocycles. The fourth-order valence-electron chi connectivity index (χ4n) is 3.84. The molecule has 10 heteroatoms. The molecule has 0 aromatic carbocycles. The Labute approximate surface area is 162 Å². The van der Waals surface area contributed by atoms with Crippen molar-refractivity contribution in [3.63, 3.8) is 0 Å². The van der Waals surface area contributed by atoms with E-state index in [1.165, 1.54) is 13.3 Å². The van der Waals surface area contributed by atoms with Crippen LogP contribution in [0.1, 0.15) is 19.8 Å². The molecule has 4 rings (SSSR count). The number of ether oxygens (including phenoxy) is 1. The van der Waals surface area contributed by atoms with Gasteiger partial charge in [-0.25, -0.2) is 15.0 Å². The Morgan fingerprint density at radius 2 is 1.93 bits per heavy atom. The minimum absolute atomic E-state index is 0.249. The Hall–Kier alpha value is -2.30. The van der Waals surface area contributed by atoms with E-state index in [2.05, 4.69) is 19.9 Å². The van der Waals surface area contributed by atoms with Crippen LogP contribution in [-0.2, 0) is 16.1 Å². The van der Waals surface area contributed by atoms with E-state index in [-0.39, 0.29) is 5.91 Å². The van der Waals surface area contributed by atoms with E-state index in [4.69, 9.17) is 4.74 Å². The maximum absolute atomic E-state index is 12.0. The summed E-state index contributed by atoms with van der Waals surface area (Å²) < 4.78 is 7.22. The molecule has 2 fully saturated rings. The van der Waals surface area contributed by atoms with E-state index in [1.54, 1.807) is 11.2 Å². The Balaban J connectivity index is 1.52. The average molecular weight is 390 g/mol. The summed E-state index contributed by atoms with van der Waals surface area (Å²) in [6.45, 7) is 5.28. The van der Waals surface area contributed by atoms with Crippen molar-refractivity contribution in [3.05, 3.63) is 12.7 Å². The molecule has 28 heavy (non-hydrogen) atoms. The van der Waals surface area contributed by atoms with Crippen LogP contribution in [-0.4, -0.2) is 91.6 Å². The van der Waals surface area contributed by atoms with Crippen LogP contribution in [0.4, 0.5) is 5.82 Å². The van der Waals surface area contributed by atoms with Gasteiger partial charge in [-0.15, -0.1) is 0 Å². The summed E-state index contributed by atoms with van der Waals surface area (Å²) in [5, 5.41) is 20.3. The summed E-state index contributed by atoms with van der Waals surface area (Å²) in [4.78, 5) is 29.0. The third-order valence-electron chi connectivity index (χ3n) is 5.52. The Morgan fingerprint density at radius 3 is 2.61 bits per heavy atom. The normalized spacial score (nSPS) is 21.1. The molecule has 2 aromatic rings. The summed E-state index contributed by atoms with van der Waals surface area (Å²) in [6.07, 6.45) is 3.40. The molecule has 0 aliphatic carbocycles. The van der Waals surface area contributed by atoms with Gasteiger partial charge in [0.25, 0.3) is 5.91 Å². The van der Waals surface area contributed by atoms with Gasteiger partial charge in [0, 0.05) is 52.2 Å². The zero-order valence-electron chi connectivity index (χ0n) is 16.0. The van der Waals surface area contributed by atoms with Crippen molar-refractivity contribution in [2.75, 3.05) is 44.3 Å². The van der Waals surface area contributed by atoms with Gasteiger partial charge in [-0.2, -0.15) is 0 Å². The monoisotopic (exact) mass is 390 g/mol. The summed E-state index contributed by atoms with van der Waals surface area (Å²) in [7, 11) is 0. The molecule has 0 saturated carbocycles. The van der Waals surface area contributed by atoms with E-state index >= 15 is 0 Å². The van der Waals surface area contributed by atoms with Gasteiger partial charge in [0.05, 0.1) is 18.5 Å². The lowest BCUT2D eigenvalue weighted by molar-refractivity contribution is -0.139. The number of carbonyl (C=O) groups excluding carboxylic acids is 1. The Morgan fingerprint density at radius 1 is 1.21 bits per heavy atom. The third kappa shape index (κ3) is 3.67. The second-order valence-corrected chi connectivity index (χ2v) is 7.57. The third-order valence-corrected chi connectivity index (χ3v) is 5.52. The molecular weight excluding hydrogens is 364 g/mol.